The lowest BCUT2D eigenvalue weighted by atomic mass is 10.2. The van der Waals surface area contributed by atoms with Crippen LogP contribution in [0.15, 0.2) is 28.3 Å². The van der Waals surface area contributed by atoms with Crippen molar-refractivity contribution in [3.8, 4) is 0 Å². The van der Waals surface area contributed by atoms with Gasteiger partial charge in [-0.3, -0.25) is 0 Å². The molecule has 0 amide bonds. The van der Waals surface area contributed by atoms with Gasteiger partial charge in [0.15, 0.2) is 17.3 Å². The second-order valence-electron chi connectivity index (χ2n) is 4.13. The smallest absolute Gasteiger partial charge is 0.356 e. The van der Waals surface area contributed by atoms with Gasteiger partial charge < -0.3 is 14.6 Å². The van der Waals surface area contributed by atoms with Crippen LogP contribution in [-0.2, 0) is 19.1 Å². The molecule has 0 aromatic heterocycles. The van der Waals surface area contributed by atoms with E-state index in [9.17, 15) is 14.7 Å². The molecule has 0 spiro atoms. The van der Waals surface area contributed by atoms with Crippen LogP contribution in [0.4, 0.5) is 0 Å². The number of aliphatic carboxylic acids is 1. The summed E-state index contributed by atoms with van der Waals surface area (Å²) in [6, 6.07) is 0. The summed E-state index contributed by atoms with van der Waals surface area (Å²) < 4.78 is 10.0. The molecule has 0 saturated carbocycles. The Labute approximate surface area is 115 Å². The zero-order valence-corrected chi connectivity index (χ0v) is 11.4. The van der Waals surface area contributed by atoms with Gasteiger partial charge in [-0.25, -0.2) is 24.6 Å². The number of hydrogen-bond donors (Lipinski definition) is 1. The number of esters is 1. The number of carbonyl (C=O) groups is 2. The Bertz CT molecular complexity index is 549. The van der Waals surface area contributed by atoms with Crippen LogP contribution in [-0.4, -0.2) is 60.1 Å². The van der Waals surface area contributed by atoms with Crippen molar-refractivity contribution in [2.24, 2.45) is 4.99 Å². The van der Waals surface area contributed by atoms with Crippen molar-refractivity contribution in [1.82, 2.24) is 10.0 Å². The molecule has 0 saturated heterocycles. The Balaban J connectivity index is 2.51. The minimum Gasteiger partial charge on any atom is -0.493 e. The van der Waals surface area contributed by atoms with Crippen molar-refractivity contribution >= 4 is 17.7 Å². The third-order valence-electron chi connectivity index (χ3n) is 2.82. The van der Waals surface area contributed by atoms with Crippen LogP contribution in [0.3, 0.4) is 0 Å². The predicted molar refractivity (Wildman–Crippen MR) is 68.3 cm³/mol. The summed E-state index contributed by atoms with van der Waals surface area (Å²) in [5.74, 6) is -1.04. The van der Waals surface area contributed by atoms with Crippen LogP contribution in [0.25, 0.3) is 0 Å². The summed E-state index contributed by atoms with van der Waals surface area (Å²) in [5.41, 5.74) is -0.142. The monoisotopic (exact) mass is 281 g/mol. The van der Waals surface area contributed by atoms with E-state index in [-0.39, 0.29) is 11.4 Å². The first-order valence-corrected chi connectivity index (χ1v) is 5.98. The second kappa shape index (κ2) is 5.33. The second-order valence-corrected chi connectivity index (χ2v) is 4.13. The Morgan fingerprint density at radius 3 is 2.75 bits per heavy atom. The lowest BCUT2D eigenvalue weighted by molar-refractivity contribution is -0.136. The quantitative estimate of drug-likeness (QED) is 0.722. The highest BCUT2D eigenvalue weighted by Gasteiger charge is 2.38. The summed E-state index contributed by atoms with van der Waals surface area (Å²) in [6.45, 7) is 2.62. The number of methoxy groups -OCH3 is 1. The number of nitrogens with zero attached hydrogens (tertiary/aromatic N) is 3. The molecule has 1 N–H and O–H groups in total. The molecule has 20 heavy (non-hydrogen) atoms. The molecule has 0 fully saturated rings. The Morgan fingerprint density at radius 1 is 1.50 bits per heavy atom. The third kappa shape index (κ3) is 2.25. The van der Waals surface area contributed by atoms with E-state index in [4.69, 9.17) is 4.74 Å². The third-order valence-corrected chi connectivity index (χ3v) is 2.82. The topological polar surface area (TPSA) is 91.7 Å². The number of fused-ring (bicyclic) bond motifs is 1. The molecule has 0 bridgehead atoms. The molecule has 8 heteroatoms. The average molecular weight is 281 g/mol. The highest BCUT2D eigenvalue weighted by molar-refractivity contribution is 6.42. The number of ether oxygens (including phenoxy) is 2. The molecule has 0 radical (unpaired) electrons. The zero-order chi connectivity index (χ0) is 14.9. The lowest BCUT2D eigenvalue weighted by Gasteiger charge is -2.29. The maximum atomic E-state index is 11.6. The van der Waals surface area contributed by atoms with Crippen LogP contribution >= 0.6 is 0 Å². The van der Waals surface area contributed by atoms with Gasteiger partial charge in [-0.15, -0.1) is 0 Å². The number of carbonyl (C=O) groups excluding carboxylic acids is 1. The summed E-state index contributed by atoms with van der Waals surface area (Å²) in [4.78, 5) is 27.1. The van der Waals surface area contributed by atoms with Gasteiger partial charge >= 0.3 is 11.9 Å². The fraction of sp³-hybridized carbons (Fsp3) is 0.417. The van der Waals surface area contributed by atoms with Crippen LogP contribution in [0.5, 0.6) is 0 Å². The van der Waals surface area contributed by atoms with E-state index in [2.05, 4.69) is 9.73 Å². The van der Waals surface area contributed by atoms with Crippen molar-refractivity contribution in [2.45, 2.75) is 6.92 Å². The minimum atomic E-state index is -1.16. The summed E-state index contributed by atoms with van der Waals surface area (Å²) in [6.07, 6.45) is 1.18. The summed E-state index contributed by atoms with van der Waals surface area (Å²) >= 11 is 0. The van der Waals surface area contributed by atoms with Gasteiger partial charge in [0.25, 0.3) is 0 Å². The molecule has 2 aliphatic heterocycles. The number of hydrazine groups is 1. The van der Waals surface area contributed by atoms with Crippen LogP contribution in [0, 0.1) is 0 Å². The number of carboxylic acids is 1. The van der Waals surface area contributed by atoms with Gasteiger partial charge in [0.1, 0.15) is 5.70 Å². The van der Waals surface area contributed by atoms with E-state index < -0.39 is 11.9 Å². The normalized spacial score (nSPS) is 18.4. The fourth-order valence-electron chi connectivity index (χ4n) is 2.02. The maximum absolute atomic E-state index is 11.6. The van der Waals surface area contributed by atoms with Gasteiger partial charge in [-0.2, -0.15) is 0 Å². The van der Waals surface area contributed by atoms with Crippen molar-refractivity contribution < 1.29 is 24.2 Å². The standard InChI is InChI=1S/C12H15N3O5/c1-4-20-9-6-14(2)15-8(11(16)17)5-7(12(18)19-3)13-10(9)15/h5H,4,6H2,1-3H3,(H,16,17). The first kappa shape index (κ1) is 14.1. The van der Waals surface area contributed by atoms with E-state index in [0.717, 1.165) is 0 Å². The molecule has 0 unspecified atom stereocenters. The SMILES string of the molecule is CCOC1=C2N=C(C(=O)OC)C=C(C(=O)O)N2N(C)C1. The van der Waals surface area contributed by atoms with Crippen molar-refractivity contribution in [3.63, 3.8) is 0 Å². The molecule has 8 nitrogen and oxygen atoms in total. The number of aliphatic imine (C=N–C) groups is 1. The molecule has 0 aromatic rings. The molecule has 108 valence electrons. The van der Waals surface area contributed by atoms with E-state index in [1.807, 2.05) is 6.92 Å². The maximum Gasteiger partial charge on any atom is 0.356 e. The molecular weight excluding hydrogens is 266 g/mol. The minimum absolute atomic E-state index is 0.0661. The number of likely N-dealkylation sites (N-methyl/N-ethyl adjacent to an activating group) is 1. The first-order chi connectivity index (χ1) is 9.49. The lowest BCUT2D eigenvalue weighted by Crippen LogP contribution is -2.39. The molecule has 0 aromatic carbocycles. The molecule has 2 heterocycles. The molecule has 2 rings (SSSR count). The zero-order valence-electron chi connectivity index (χ0n) is 11.4. The number of rotatable bonds is 4. The van der Waals surface area contributed by atoms with E-state index in [1.165, 1.54) is 18.2 Å². The van der Waals surface area contributed by atoms with Gasteiger partial charge in [0.2, 0.25) is 0 Å². The summed E-state index contributed by atoms with van der Waals surface area (Å²) in [5, 5.41) is 12.3. The Hall–Kier alpha value is -2.35. The van der Waals surface area contributed by atoms with Gasteiger partial charge in [0, 0.05) is 13.1 Å². The fourth-order valence-corrected chi connectivity index (χ4v) is 2.02. The average Bonchev–Trinajstić information content (AvgIpc) is 2.74. The Kier molecular flexibility index (Phi) is 3.75. The molecule has 0 aliphatic carbocycles. The Morgan fingerprint density at radius 2 is 2.20 bits per heavy atom. The van der Waals surface area contributed by atoms with Gasteiger partial charge in [-0.05, 0) is 6.92 Å². The van der Waals surface area contributed by atoms with Crippen LogP contribution in [0.2, 0.25) is 0 Å². The van der Waals surface area contributed by atoms with Gasteiger partial charge in [0.05, 0.1) is 20.3 Å². The largest absolute Gasteiger partial charge is 0.493 e. The van der Waals surface area contributed by atoms with Crippen molar-refractivity contribution in [1.29, 1.82) is 0 Å². The molecular formula is C12H15N3O5. The number of carboxylic acid groups (broad SMARTS) is 1. The molecule has 2 aliphatic rings. The number of hydrogen-bond acceptors (Lipinski definition) is 7. The van der Waals surface area contributed by atoms with Crippen LogP contribution < -0.4 is 0 Å². The van der Waals surface area contributed by atoms with Crippen LogP contribution in [0.1, 0.15) is 6.92 Å². The van der Waals surface area contributed by atoms with E-state index >= 15 is 0 Å². The van der Waals surface area contributed by atoms with Crippen molar-refractivity contribution in [3.05, 3.63) is 23.4 Å². The van der Waals surface area contributed by atoms with E-state index in [1.54, 1.807) is 12.1 Å². The van der Waals surface area contributed by atoms with Crippen molar-refractivity contribution in [2.75, 3.05) is 27.3 Å². The van der Waals surface area contributed by atoms with Gasteiger partial charge in [-0.1, -0.05) is 0 Å². The predicted octanol–water partition coefficient (Wildman–Crippen LogP) is -0.0495. The summed E-state index contributed by atoms with van der Waals surface area (Å²) in [7, 11) is 2.92. The molecule has 0 atom stereocenters. The highest BCUT2D eigenvalue weighted by atomic mass is 16.5. The first-order valence-electron chi connectivity index (χ1n) is 5.98. The highest BCUT2D eigenvalue weighted by Crippen LogP contribution is 2.31. The van der Waals surface area contributed by atoms with E-state index in [0.29, 0.717) is 24.7 Å².